The number of hydrogen-bond donors (Lipinski definition) is 1. The van der Waals surface area contributed by atoms with E-state index in [1.165, 1.54) is 11.8 Å². The Morgan fingerprint density at radius 2 is 2.04 bits per heavy atom. The molecule has 0 bridgehead atoms. The molecule has 0 unspecified atom stereocenters. The molecule has 1 aromatic carbocycles. The van der Waals surface area contributed by atoms with Crippen molar-refractivity contribution in [1.82, 2.24) is 15.5 Å². The van der Waals surface area contributed by atoms with Crippen molar-refractivity contribution >= 4 is 17.7 Å². The van der Waals surface area contributed by atoms with Crippen molar-refractivity contribution in [3.63, 3.8) is 0 Å². The van der Waals surface area contributed by atoms with Gasteiger partial charge in [-0.3, -0.25) is 4.79 Å². The predicted molar refractivity (Wildman–Crippen MR) is 100 cm³/mol. The van der Waals surface area contributed by atoms with Gasteiger partial charge in [0.15, 0.2) is 17.3 Å². The Kier molecular flexibility index (Phi) is 4.97. The van der Waals surface area contributed by atoms with Gasteiger partial charge in [0.05, 0.1) is 12.1 Å². The second-order valence-corrected chi connectivity index (χ2v) is 6.58. The van der Waals surface area contributed by atoms with Crippen molar-refractivity contribution in [2.45, 2.75) is 11.6 Å². The number of rotatable bonds is 5. The third-order valence-electron chi connectivity index (χ3n) is 4.02. The third kappa shape index (κ3) is 3.75. The van der Waals surface area contributed by atoms with E-state index in [1.807, 2.05) is 24.5 Å². The van der Waals surface area contributed by atoms with Crippen molar-refractivity contribution in [1.29, 1.82) is 0 Å². The topological polar surface area (TPSA) is 86.5 Å². The van der Waals surface area contributed by atoms with Gasteiger partial charge < -0.3 is 19.3 Å². The van der Waals surface area contributed by atoms with E-state index in [1.54, 1.807) is 24.4 Å². The molecule has 1 N–H and O–H groups in total. The highest BCUT2D eigenvalue weighted by Gasteiger charge is 2.16. The summed E-state index contributed by atoms with van der Waals surface area (Å²) in [6.45, 7) is 1.33. The first-order chi connectivity index (χ1) is 13.2. The van der Waals surface area contributed by atoms with Gasteiger partial charge in [-0.15, -0.1) is 11.8 Å². The molecule has 0 spiro atoms. The molecule has 0 fully saturated rings. The van der Waals surface area contributed by atoms with Gasteiger partial charge in [-0.2, -0.15) is 0 Å². The molecular formula is C19H17N3O4S. The molecule has 3 heterocycles. The molecule has 1 amide bonds. The minimum atomic E-state index is -0.198. The van der Waals surface area contributed by atoms with Crippen molar-refractivity contribution in [3.05, 3.63) is 53.9 Å². The van der Waals surface area contributed by atoms with Crippen LogP contribution in [0.5, 0.6) is 11.5 Å². The van der Waals surface area contributed by atoms with Gasteiger partial charge in [0.1, 0.15) is 23.9 Å². The van der Waals surface area contributed by atoms with Gasteiger partial charge in [0.2, 0.25) is 0 Å². The molecule has 138 valence electrons. The number of nitrogens with one attached hydrogen (secondary N) is 1. The Labute approximate surface area is 160 Å². The van der Waals surface area contributed by atoms with Crippen LogP contribution in [0.4, 0.5) is 0 Å². The summed E-state index contributed by atoms with van der Waals surface area (Å²) >= 11 is 1.43. The number of fused-ring (bicyclic) bond motifs is 1. The maximum atomic E-state index is 12.4. The van der Waals surface area contributed by atoms with Crippen LogP contribution < -0.4 is 14.8 Å². The highest BCUT2D eigenvalue weighted by Crippen LogP contribution is 2.34. The van der Waals surface area contributed by atoms with Crippen LogP contribution in [0.1, 0.15) is 16.1 Å². The Morgan fingerprint density at radius 3 is 2.89 bits per heavy atom. The van der Waals surface area contributed by atoms with Gasteiger partial charge in [0, 0.05) is 17.8 Å². The molecule has 8 heteroatoms. The van der Waals surface area contributed by atoms with Crippen molar-refractivity contribution < 1.29 is 18.8 Å². The van der Waals surface area contributed by atoms with Crippen LogP contribution in [0.3, 0.4) is 0 Å². The molecule has 0 saturated heterocycles. The van der Waals surface area contributed by atoms with Gasteiger partial charge in [-0.1, -0.05) is 5.16 Å². The highest BCUT2D eigenvalue weighted by molar-refractivity contribution is 7.98. The van der Waals surface area contributed by atoms with Gasteiger partial charge in [-0.05, 0) is 36.6 Å². The molecular weight excluding hydrogens is 366 g/mol. The molecule has 1 aliphatic rings. The Balaban J connectivity index is 1.45. The lowest BCUT2D eigenvalue weighted by molar-refractivity contribution is 0.0946. The van der Waals surface area contributed by atoms with E-state index < -0.39 is 0 Å². The molecule has 0 atom stereocenters. The molecule has 1 aliphatic heterocycles. The number of carbonyl (C=O) groups is 1. The fraction of sp³-hybridized carbons (Fsp3) is 0.211. The van der Waals surface area contributed by atoms with Crippen LogP contribution in [-0.4, -0.2) is 35.5 Å². The van der Waals surface area contributed by atoms with Crippen LogP contribution in [0.25, 0.3) is 11.3 Å². The molecule has 0 aliphatic carbocycles. The van der Waals surface area contributed by atoms with E-state index in [4.69, 9.17) is 14.0 Å². The van der Waals surface area contributed by atoms with E-state index in [0.29, 0.717) is 41.0 Å². The first-order valence-electron chi connectivity index (χ1n) is 8.37. The second kappa shape index (κ2) is 7.71. The lowest BCUT2D eigenvalue weighted by Crippen LogP contribution is -2.23. The number of nitrogens with zero attached hydrogens (tertiary/aromatic N) is 2. The molecule has 4 rings (SSSR count). The fourth-order valence-corrected chi connectivity index (χ4v) is 3.27. The van der Waals surface area contributed by atoms with Crippen molar-refractivity contribution in [2.75, 3.05) is 19.5 Å². The molecule has 0 radical (unpaired) electrons. The lowest BCUT2D eigenvalue weighted by atomic mass is 10.1. The molecule has 3 aromatic rings. The molecule has 2 aromatic heterocycles. The normalized spacial score (nSPS) is 12.6. The SMILES string of the molecule is CSc1ncccc1C(=O)NCc1cc(-c2ccc3c(c2)OCCO3)on1. The summed E-state index contributed by atoms with van der Waals surface area (Å²) in [5.74, 6) is 1.81. The van der Waals surface area contributed by atoms with Gasteiger partial charge >= 0.3 is 0 Å². The Morgan fingerprint density at radius 1 is 1.19 bits per heavy atom. The average molecular weight is 383 g/mol. The number of aromatic nitrogens is 2. The summed E-state index contributed by atoms with van der Waals surface area (Å²) in [6.07, 6.45) is 3.55. The number of pyridine rings is 1. The largest absolute Gasteiger partial charge is 0.486 e. The van der Waals surface area contributed by atoms with Crippen molar-refractivity contribution in [2.24, 2.45) is 0 Å². The number of carbonyl (C=O) groups excluding carboxylic acids is 1. The number of hydrogen-bond acceptors (Lipinski definition) is 7. The first-order valence-corrected chi connectivity index (χ1v) is 9.60. The summed E-state index contributed by atoms with van der Waals surface area (Å²) in [5, 5.41) is 7.56. The number of benzene rings is 1. The van der Waals surface area contributed by atoms with Gasteiger partial charge in [0.25, 0.3) is 5.91 Å². The smallest absolute Gasteiger partial charge is 0.254 e. The molecule has 0 saturated carbocycles. The van der Waals surface area contributed by atoms with E-state index in [2.05, 4.69) is 15.5 Å². The van der Waals surface area contributed by atoms with E-state index >= 15 is 0 Å². The number of amides is 1. The number of thioether (sulfide) groups is 1. The quantitative estimate of drug-likeness (QED) is 0.677. The van der Waals surface area contributed by atoms with Crippen LogP contribution in [0.15, 0.2) is 52.1 Å². The van der Waals surface area contributed by atoms with E-state index in [0.717, 1.165) is 11.3 Å². The summed E-state index contributed by atoms with van der Waals surface area (Å²) in [7, 11) is 0. The maximum absolute atomic E-state index is 12.4. The van der Waals surface area contributed by atoms with Crippen LogP contribution in [0, 0.1) is 0 Å². The zero-order valence-electron chi connectivity index (χ0n) is 14.6. The standard InChI is InChI=1S/C19H17N3O4S/c1-27-19-14(3-2-6-20-19)18(23)21-11-13-10-16(26-22-13)12-4-5-15-17(9-12)25-8-7-24-15/h2-6,9-10H,7-8,11H2,1H3,(H,21,23). The number of ether oxygens (including phenoxy) is 2. The third-order valence-corrected chi connectivity index (χ3v) is 4.74. The average Bonchev–Trinajstić information content (AvgIpc) is 3.20. The minimum absolute atomic E-state index is 0.198. The van der Waals surface area contributed by atoms with E-state index in [9.17, 15) is 4.79 Å². The highest BCUT2D eigenvalue weighted by atomic mass is 32.2. The minimum Gasteiger partial charge on any atom is -0.486 e. The maximum Gasteiger partial charge on any atom is 0.254 e. The predicted octanol–water partition coefficient (Wildman–Crippen LogP) is 3.16. The second-order valence-electron chi connectivity index (χ2n) is 5.78. The van der Waals surface area contributed by atoms with Crippen LogP contribution >= 0.6 is 11.8 Å². The summed E-state index contributed by atoms with van der Waals surface area (Å²) in [6, 6.07) is 10.9. The summed E-state index contributed by atoms with van der Waals surface area (Å²) in [4.78, 5) is 16.6. The van der Waals surface area contributed by atoms with Crippen LogP contribution in [-0.2, 0) is 6.54 Å². The Hall–Kier alpha value is -3.00. The zero-order valence-corrected chi connectivity index (χ0v) is 15.4. The monoisotopic (exact) mass is 383 g/mol. The zero-order chi connectivity index (χ0) is 18.6. The summed E-state index contributed by atoms with van der Waals surface area (Å²) < 4.78 is 16.5. The van der Waals surface area contributed by atoms with Crippen molar-refractivity contribution in [3.8, 4) is 22.8 Å². The fourth-order valence-electron chi connectivity index (χ4n) is 2.72. The van der Waals surface area contributed by atoms with Crippen LogP contribution in [0.2, 0.25) is 0 Å². The molecule has 7 nitrogen and oxygen atoms in total. The Bertz CT molecular complexity index is 973. The summed E-state index contributed by atoms with van der Waals surface area (Å²) in [5.41, 5.74) is 2.00. The van der Waals surface area contributed by atoms with Gasteiger partial charge in [-0.25, -0.2) is 4.98 Å². The molecule has 27 heavy (non-hydrogen) atoms. The van der Waals surface area contributed by atoms with E-state index in [-0.39, 0.29) is 12.5 Å². The lowest BCUT2D eigenvalue weighted by Gasteiger charge is -2.18. The first kappa shape index (κ1) is 17.4.